The highest BCUT2D eigenvalue weighted by atomic mass is 79.9. The molecule has 0 bridgehead atoms. The number of alkyl halides is 1. The molecule has 6 heteroatoms. The lowest BCUT2D eigenvalue weighted by molar-refractivity contribution is 0.124. The fourth-order valence-corrected chi connectivity index (χ4v) is 7.20. The lowest BCUT2D eigenvalue weighted by atomic mass is 9.75. The van der Waals surface area contributed by atoms with Gasteiger partial charge in [0, 0.05) is 35.7 Å². The van der Waals surface area contributed by atoms with Gasteiger partial charge in [-0.1, -0.05) is 42.1 Å². The van der Waals surface area contributed by atoms with Gasteiger partial charge in [0.05, 0.1) is 0 Å². The molecule has 2 aliphatic rings. The van der Waals surface area contributed by atoms with Gasteiger partial charge in [0.1, 0.15) is 5.37 Å². The average Bonchev–Trinajstić information content (AvgIpc) is 2.48. The Hall–Kier alpha value is 0.740. The van der Waals surface area contributed by atoms with E-state index in [9.17, 15) is 8.42 Å². The van der Waals surface area contributed by atoms with Crippen molar-refractivity contribution in [3.05, 3.63) is 0 Å². The zero-order valence-corrected chi connectivity index (χ0v) is 15.5. The molecule has 1 saturated carbocycles. The molecule has 118 valence electrons. The molecule has 1 aliphatic heterocycles. The largest absolute Gasteiger partial charge is 0.285 e. The first-order valence-corrected chi connectivity index (χ1v) is 11.6. The van der Waals surface area contributed by atoms with Crippen molar-refractivity contribution in [2.75, 3.05) is 35.7 Å². The van der Waals surface area contributed by atoms with Gasteiger partial charge in [0.2, 0.25) is 0 Å². The van der Waals surface area contributed by atoms with Crippen LogP contribution in [-0.2, 0) is 9.84 Å². The first-order valence-electron chi connectivity index (χ1n) is 7.62. The number of hydrogen-bond acceptors (Lipinski definition) is 4. The number of halogens is 1. The van der Waals surface area contributed by atoms with Gasteiger partial charge in [0.15, 0.2) is 9.84 Å². The second-order valence-corrected chi connectivity index (χ2v) is 10.3. The van der Waals surface area contributed by atoms with Crippen LogP contribution in [0.25, 0.3) is 0 Å². The van der Waals surface area contributed by atoms with E-state index in [4.69, 9.17) is 0 Å². The van der Waals surface area contributed by atoms with Gasteiger partial charge < -0.3 is 0 Å². The van der Waals surface area contributed by atoms with Crippen molar-refractivity contribution in [2.24, 2.45) is 5.41 Å². The summed E-state index contributed by atoms with van der Waals surface area (Å²) in [5.41, 5.74) is 0.293. The number of thioether (sulfide) groups is 1. The van der Waals surface area contributed by atoms with E-state index in [1.807, 2.05) is 0 Å². The number of hydrogen-bond donors (Lipinski definition) is 0. The van der Waals surface area contributed by atoms with Crippen molar-refractivity contribution in [1.29, 1.82) is 0 Å². The van der Waals surface area contributed by atoms with Crippen LogP contribution in [0, 0.1) is 5.41 Å². The summed E-state index contributed by atoms with van der Waals surface area (Å²) in [7, 11) is -2.97. The molecule has 2 fully saturated rings. The Morgan fingerprint density at radius 1 is 1.30 bits per heavy atom. The van der Waals surface area contributed by atoms with Crippen LogP contribution in [0.3, 0.4) is 0 Å². The van der Waals surface area contributed by atoms with Gasteiger partial charge in [-0.05, 0) is 18.3 Å². The van der Waals surface area contributed by atoms with Gasteiger partial charge >= 0.3 is 0 Å². The van der Waals surface area contributed by atoms with Crippen LogP contribution in [-0.4, -0.2) is 54.4 Å². The van der Waals surface area contributed by atoms with Crippen molar-refractivity contribution in [3.8, 4) is 0 Å². The van der Waals surface area contributed by atoms with E-state index in [2.05, 4.69) is 20.8 Å². The molecule has 0 N–H and O–H groups in total. The number of rotatable bonds is 5. The van der Waals surface area contributed by atoms with E-state index in [0.29, 0.717) is 5.41 Å². The molecular weight excluding hydrogens is 358 g/mol. The van der Waals surface area contributed by atoms with Gasteiger partial charge in [0.25, 0.3) is 0 Å². The van der Waals surface area contributed by atoms with Crippen molar-refractivity contribution < 1.29 is 8.42 Å². The smallest absolute Gasteiger partial charge is 0.166 e. The highest BCUT2D eigenvalue weighted by molar-refractivity contribution is 9.09. The van der Waals surface area contributed by atoms with E-state index < -0.39 is 9.84 Å². The molecule has 0 spiro atoms. The van der Waals surface area contributed by atoms with Crippen LogP contribution in [0.4, 0.5) is 0 Å². The van der Waals surface area contributed by atoms with Crippen LogP contribution in [0.1, 0.15) is 39.0 Å². The topological polar surface area (TPSA) is 37.4 Å². The third kappa shape index (κ3) is 3.93. The molecule has 3 nitrogen and oxygen atoms in total. The molecule has 20 heavy (non-hydrogen) atoms. The number of sulfone groups is 1. The van der Waals surface area contributed by atoms with Gasteiger partial charge in [-0.25, -0.2) is 8.42 Å². The predicted octanol–water partition coefficient (Wildman–Crippen LogP) is 3.14. The second-order valence-electron chi connectivity index (χ2n) is 6.15. The zero-order chi connectivity index (χ0) is 14.6. The van der Waals surface area contributed by atoms with Crippen LogP contribution in [0.2, 0.25) is 0 Å². The molecule has 1 heterocycles. The highest BCUT2D eigenvalue weighted by Gasteiger charge is 2.39. The van der Waals surface area contributed by atoms with Crippen molar-refractivity contribution >= 4 is 37.5 Å². The molecule has 1 saturated heterocycles. The van der Waals surface area contributed by atoms with E-state index in [1.54, 1.807) is 18.7 Å². The first kappa shape index (κ1) is 17.1. The van der Waals surface area contributed by atoms with Gasteiger partial charge in [-0.15, -0.1) is 0 Å². The van der Waals surface area contributed by atoms with E-state index in [0.717, 1.165) is 29.9 Å². The Kier molecular flexibility index (Phi) is 6.27. The maximum atomic E-state index is 12.3. The molecule has 2 rings (SSSR count). The third-order valence-electron chi connectivity index (χ3n) is 4.74. The Bertz CT molecular complexity index is 407. The van der Waals surface area contributed by atoms with Crippen LogP contribution in [0.15, 0.2) is 0 Å². The Morgan fingerprint density at radius 3 is 2.60 bits per heavy atom. The fraction of sp³-hybridized carbons (Fsp3) is 1.00. The fourth-order valence-electron chi connectivity index (χ4n) is 3.39. The first-order chi connectivity index (χ1) is 9.53. The van der Waals surface area contributed by atoms with Crippen LogP contribution >= 0.6 is 27.7 Å². The summed E-state index contributed by atoms with van der Waals surface area (Å²) >= 11 is 5.49. The quantitative estimate of drug-likeness (QED) is 0.683. The van der Waals surface area contributed by atoms with Crippen molar-refractivity contribution in [3.63, 3.8) is 0 Å². The van der Waals surface area contributed by atoms with Crippen molar-refractivity contribution in [1.82, 2.24) is 4.90 Å². The minimum absolute atomic E-state index is 0.260. The molecule has 0 aromatic rings. The molecular formula is C14H26BrNO2S2. The SMILES string of the molecule is CCS(=O)(=O)C1CSCCN1CC1(CBr)CCCCC1. The predicted molar refractivity (Wildman–Crippen MR) is 91.5 cm³/mol. The minimum atomic E-state index is -2.97. The second kappa shape index (κ2) is 7.34. The maximum Gasteiger partial charge on any atom is 0.166 e. The summed E-state index contributed by atoms with van der Waals surface area (Å²) in [6.07, 6.45) is 6.39. The van der Waals surface area contributed by atoms with Crippen LogP contribution in [0.5, 0.6) is 0 Å². The summed E-state index contributed by atoms with van der Waals surface area (Å²) in [6.45, 7) is 3.64. The van der Waals surface area contributed by atoms with E-state index in [-0.39, 0.29) is 11.1 Å². The molecule has 1 unspecified atom stereocenters. The monoisotopic (exact) mass is 383 g/mol. The molecule has 0 aromatic heterocycles. The standard InChI is InChI=1S/C14H26BrNO2S2/c1-2-20(17,18)13-10-19-9-8-16(13)12-14(11-15)6-4-3-5-7-14/h13H,2-12H2,1H3. The summed E-state index contributed by atoms with van der Waals surface area (Å²) in [4.78, 5) is 2.27. The van der Waals surface area contributed by atoms with E-state index in [1.165, 1.54) is 32.1 Å². The van der Waals surface area contributed by atoms with Crippen molar-refractivity contribution in [2.45, 2.75) is 44.4 Å². The summed E-state index contributed by atoms with van der Waals surface area (Å²) in [5, 5.41) is 0.742. The average molecular weight is 384 g/mol. The van der Waals surface area contributed by atoms with Crippen LogP contribution < -0.4 is 0 Å². The Morgan fingerprint density at radius 2 is 2.00 bits per heavy atom. The third-order valence-corrected chi connectivity index (χ3v) is 9.27. The van der Waals surface area contributed by atoms with Gasteiger partial charge in [-0.2, -0.15) is 11.8 Å². The number of nitrogens with zero attached hydrogens (tertiary/aromatic N) is 1. The Balaban J connectivity index is 2.11. The molecule has 0 amide bonds. The maximum absolute atomic E-state index is 12.3. The normalized spacial score (nSPS) is 28.4. The highest BCUT2D eigenvalue weighted by Crippen LogP contribution is 2.40. The molecule has 1 aliphatic carbocycles. The minimum Gasteiger partial charge on any atom is -0.285 e. The molecule has 0 radical (unpaired) electrons. The summed E-state index contributed by atoms with van der Waals surface area (Å²) in [5.74, 6) is 2.07. The van der Waals surface area contributed by atoms with E-state index >= 15 is 0 Å². The lowest BCUT2D eigenvalue weighted by Crippen LogP contribution is -2.52. The van der Waals surface area contributed by atoms with Gasteiger partial charge in [-0.3, -0.25) is 4.90 Å². The lowest BCUT2D eigenvalue weighted by Gasteiger charge is -2.44. The zero-order valence-electron chi connectivity index (χ0n) is 12.3. The summed E-state index contributed by atoms with van der Waals surface area (Å²) < 4.78 is 24.7. The summed E-state index contributed by atoms with van der Waals surface area (Å²) in [6, 6.07) is 0. The molecule has 1 atom stereocenters. The molecule has 0 aromatic carbocycles. The Labute approximate surface area is 136 Å².